The number of carbonyl (C=O) groups is 2. The molecule has 0 aliphatic carbocycles. The third kappa shape index (κ3) is 0.823. The molecule has 0 aromatic rings. The highest BCUT2D eigenvalue weighted by molar-refractivity contribution is 6.08. The van der Waals surface area contributed by atoms with E-state index >= 15 is 0 Å². The molecule has 0 bridgehead atoms. The molecule has 0 saturated carbocycles. The predicted octanol–water partition coefficient (Wildman–Crippen LogP) is -0.623. The van der Waals surface area contributed by atoms with Gasteiger partial charge in [0.2, 0.25) is 0 Å². The van der Waals surface area contributed by atoms with E-state index in [1.165, 1.54) is 6.08 Å². The van der Waals surface area contributed by atoms with Gasteiger partial charge in [0, 0.05) is 0 Å². The Labute approximate surface area is 57.1 Å². The van der Waals surface area contributed by atoms with E-state index < -0.39 is 18.0 Å². The smallest absolute Gasteiger partial charge is 0.347 e. The molecule has 1 fully saturated rings. The van der Waals surface area contributed by atoms with Gasteiger partial charge in [-0.3, -0.25) is 0 Å². The third-order valence-electron chi connectivity index (χ3n) is 1.26. The molecule has 1 N–H and O–H groups in total. The van der Waals surface area contributed by atoms with E-state index in [9.17, 15) is 9.59 Å². The first kappa shape index (κ1) is 6.95. The predicted molar refractivity (Wildman–Crippen MR) is 30.9 cm³/mol. The summed E-state index contributed by atoms with van der Waals surface area (Å²) in [5, 5.41) is 8.86. The molecule has 1 saturated heterocycles. The van der Waals surface area contributed by atoms with Crippen molar-refractivity contribution in [1.29, 1.82) is 0 Å². The van der Waals surface area contributed by atoms with E-state index in [0.717, 1.165) is 0 Å². The van der Waals surface area contributed by atoms with Crippen molar-refractivity contribution in [3.05, 3.63) is 11.6 Å². The van der Waals surface area contributed by atoms with E-state index in [-0.39, 0.29) is 5.57 Å². The number of aliphatic hydroxyl groups excluding tert-OH is 1. The summed E-state index contributed by atoms with van der Waals surface area (Å²) < 4.78 is 4.08. The lowest BCUT2D eigenvalue weighted by molar-refractivity contribution is -0.154. The van der Waals surface area contributed by atoms with Gasteiger partial charge < -0.3 is 9.84 Å². The number of ether oxygens (including phenoxy) is 1. The summed E-state index contributed by atoms with van der Waals surface area (Å²) in [7, 11) is 0. The Morgan fingerprint density at radius 1 is 1.60 bits per heavy atom. The van der Waals surface area contributed by atoms with Crippen LogP contribution in [0, 0.1) is 0 Å². The second-order valence-corrected chi connectivity index (χ2v) is 1.86. The van der Waals surface area contributed by atoms with E-state index in [0.29, 0.717) is 0 Å². The first-order chi connectivity index (χ1) is 4.66. The zero-order valence-corrected chi connectivity index (χ0v) is 5.33. The van der Waals surface area contributed by atoms with Crippen LogP contribution in [-0.4, -0.2) is 23.1 Å². The number of cyclic esters (lactones) is 2. The van der Waals surface area contributed by atoms with Crippen LogP contribution < -0.4 is 0 Å². The number of hydrogen-bond acceptors (Lipinski definition) is 4. The molecule has 0 spiro atoms. The fraction of sp³-hybridized carbons (Fsp3) is 0.333. The largest absolute Gasteiger partial charge is 0.387 e. The fourth-order valence-electron chi connectivity index (χ4n) is 0.720. The molecular formula is C6H6O4. The number of allylic oxidation sites excluding steroid dienone is 1. The standard InChI is InChI=1S/C6H6O4/c1-2-3-4(7)6(9)10-5(3)8/h2,4,7H,1H3. The van der Waals surface area contributed by atoms with Crippen molar-refractivity contribution < 1.29 is 19.4 Å². The lowest BCUT2D eigenvalue weighted by Crippen LogP contribution is -2.14. The molecule has 1 rings (SSSR count). The molecule has 4 heteroatoms. The minimum absolute atomic E-state index is 0.0185. The summed E-state index contributed by atoms with van der Waals surface area (Å²) in [6, 6.07) is 0. The molecule has 0 aromatic heterocycles. The number of hydrogen-bond donors (Lipinski definition) is 1. The van der Waals surface area contributed by atoms with Crippen molar-refractivity contribution in [1.82, 2.24) is 0 Å². The monoisotopic (exact) mass is 142 g/mol. The van der Waals surface area contributed by atoms with Crippen LogP contribution in [0.5, 0.6) is 0 Å². The Hall–Kier alpha value is -1.16. The van der Waals surface area contributed by atoms with Gasteiger partial charge in [0.15, 0.2) is 6.10 Å². The second-order valence-electron chi connectivity index (χ2n) is 1.86. The number of esters is 2. The molecule has 0 amide bonds. The zero-order valence-electron chi connectivity index (χ0n) is 5.33. The average molecular weight is 142 g/mol. The molecule has 1 atom stereocenters. The Kier molecular flexibility index (Phi) is 1.55. The van der Waals surface area contributed by atoms with Crippen molar-refractivity contribution in [2.75, 3.05) is 0 Å². The van der Waals surface area contributed by atoms with Crippen LogP contribution in [0.4, 0.5) is 0 Å². The molecule has 54 valence electrons. The minimum atomic E-state index is -1.38. The van der Waals surface area contributed by atoms with Gasteiger partial charge in [0.1, 0.15) is 0 Å². The molecule has 0 aromatic carbocycles. The lowest BCUT2D eigenvalue weighted by Gasteiger charge is -1.91. The van der Waals surface area contributed by atoms with Gasteiger partial charge in [-0.05, 0) is 6.92 Å². The van der Waals surface area contributed by atoms with Crippen LogP contribution in [0.1, 0.15) is 6.92 Å². The lowest BCUT2D eigenvalue weighted by atomic mass is 10.2. The maximum absolute atomic E-state index is 10.6. The number of rotatable bonds is 0. The molecule has 1 aliphatic heterocycles. The summed E-state index contributed by atoms with van der Waals surface area (Å²) in [6.45, 7) is 1.55. The van der Waals surface area contributed by atoms with Crippen molar-refractivity contribution in [2.45, 2.75) is 13.0 Å². The van der Waals surface area contributed by atoms with Gasteiger partial charge in [0.25, 0.3) is 0 Å². The Morgan fingerprint density at radius 2 is 2.20 bits per heavy atom. The van der Waals surface area contributed by atoms with Crippen LogP contribution in [0.3, 0.4) is 0 Å². The molecule has 1 unspecified atom stereocenters. The maximum atomic E-state index is 10.6. The molecular weight excluding hydrogens is 136 g/mol. The summed E-state index contributed by atoms with van der Waals surface area (Å²) in [5.74, 6) is -1.64. The zero-order chi connectivity index (χ0) is 7.72. The average Bonchev–Trinajstić information content (AvgIpc) is 2.09. The van der Waals surface area contributed by atoms with E-state index in [1.54, 1.807) is 6.92 Å². The summed E-state index contributed by atoms with van der Waals surface area (Å²) in [4.78, 5) is 21.0. The van der Waals surface area contributed by atoms with E-state index in [1.807, 2.05) is 0 Å². The second kappa shape index (κ2) is 2.22. The molecule has 1 aliphatic rings. The molecule has 10 heavy (non-hydrogen) atoms. The van der Waals surface area contributed by atoms with Crippen molar-refractivity contribution in [3.8, 4) is 0 Å². The van der Waals surface area contributed by atoms with Crippen LogP contribution >= 0.6 is 0 Å². The topological polar surface area (TPSA) is 63.6 Å². The van der Waals surface area contributed by atoms with Crippen molar-refractivity contribution in [3.63, 3.8) is 0 Å². The third-order valence-corrected chi connectivity index (χ3v) is 1.26. The number of aliphatic hydroxyl groups is 1. The Morgan fingerprint density at radius 3 is 2.40 bits per heavy atom. The maximum Gasteiger partial charge on any atom is 0.347 e. The molecule has 1 heterocycles. The van der Waals surface area contributed by atoms with Crippen LogP contribution in [0.15, 0.2) is 11.6 Å². The highest BCUT2D eigenvalue weighted by atomic mass is 16.6. The van der Waals surface area contributed by atoms with E-state index in [4.69, 9.17) is 5.11 Å². The van der Waals surface area contributed by atoms with Gasteiger partial charge in [-0.15, -0.1) is 0 Å². The molecule has 4 nitrogen and oxygen atoms in total. The highest BCUT2D eigenvalue weighted by Crippen LogP contribution is 2.14. The van der Waals surface area contributed by atoms with Gasteiger partial charge in [0.05, 0.1) is 5.57 Å². The highest BCUT2D eigenvalue weighted by Gasteiger charge is 2.36. The molecule has 0 radical (unpaired) electrons. The van der Waals surface area contributed by atoms with Gasteiger partial charge in [-0.25, -0.2) is 9.59 Å². The Bertz CT molecular complexity index is 216. The first-order valence-electron chi connectivity index (χ1n) is 2.77. The minimum Gasteiger partial charge on any atom is -0.387 e. The van der Waals surface area contributed by atoms with Gasteiger partial charge in [-0.2, -0.15) is 0 Å². The fourth-order valence-corrected chi connectivity index (χ4v) is 0.720. The van der Waals surface area contributed by atoms with Crippen molar-refractivity contribution >= 4 is 11.9 Å². The van der Waals surface area contributed by atoms with Crippen molar-refractivity contribution in [2.24, 2.45) is 0 Å². The summed E-state index contributed by atoms with van der Waals surface area (Å²) >= 11 is 0. The first-order valence-corrected chi connectivity index (χ1v) is 2.77. The van der Waals surface area contributed by atoms with E-state index in [2.05, 4.69) is 4.74 Å². The number of carbonyl (C=O) groups excluding carboxylic acids is 2. The quantitative estimate of drug-likeness (QED) is 0.278. The van der Waals surface area contributed by atoms with Crippen LogP contribution in [0.25, 0.3) is 0 Å². The van der Waals surface area contributed by atoms with Crippen LogP contribution in [0.2, 0.25) is 0 Å². The summed E-state index contributed by atoms with van der Waals surface area (Å²) in [6.07, 6.45) is -0.0183. The Balaban J connectivity index is 2.95. The normalized spacial score (nSPS) is 29.4. The summed E-state index contributed by atoms with van der Waals surface area (Å²) in [5.41, 5.74) is 0.0185. The van der Waals surface area contributed by atoms with Gasteiger partial charge in [-0.1, -0.05) is 6.08 Å². The van der Waals surface area contributed by atoms with Gasteiger partial charge >= 0.3 is 11.9 Å². The van der Waals surface area contributed by atoms with Crippen LogP contribution in [-0.2, 0) is 14.3 Å². The SMILES string of the molecule is CC=C1C(=O)OC(=O)C1O.